The van der Waals surface area contributed by atoms with Crippen LogP contribution in [0, 0.1) is 26.6 Å². The maximum absolute atomic E-state index is 13.8. The first kappa shape index (κ1) is 24.8. The number of rotatable bonds is 8. The fraction of sp³-hybridized carbons (Fsp3) is 0.269. The Hall–Kier alpha value is -4.34. The molecule has 0 bridgehead atoms. The van der Waals surface area contributed by atoms with Gasteiger partial charge in [-0.25, -0.2) is 13.9 Å². The fourth-order valence-corrected chi connectivity index (χ4v) is 3.73. The molecule has 0 aliphatic carbocycles. The number of hydrogen-bond acceptors (Lipinski definition) is 8. The molecular formula is C26H25FN4O5. The molecule has 0 saturated carbocycles. The highest BCUT2D eigenvalue weighted by molar-refractivity contribution is 5.89. The van der Waals surface area contributed by atoms with Crippen LogP contribution in [0.4, 0.5) is 4.39 Å². The largest absolute Gasteiger partial charge is 0.469 e. The predicted molar refractivity (Wildman–Crippen MR) is 127 cm³/mol. The van der Waals surface area contributed by atoms with Gasteiger partial charge < -0.3 is 14.0 Å². The standard InChI is InChI=1S/C26H25FN4O5/c1-15-5-6-19(13-22(15)27)25-28-23(36-30-25)14-35-26(33)18-7-9-20(10-8-18)31-17(3)21(16(2)29-31)11-12-24(32)34-4/h5-10,13H,11-12,14H2,1-4H3. The van der Waals surface area contributed by atoms with Crippen molar-refractivity contribution in [3.63, 3.8) is 0 Å². The molecule has 0 spiro atoms. The number of nitrogens with zero attached hydrogens (tertiary/aromatic N) is 4. The van der Waals surface area contributed by atoms with Gasteiger partial charge in [0.25, 0.3) is 5.89 Å². The SMILES string of the molecule is COC(=O)CCc1c(C)nn(-c2ccc(C(=O)OCc3nc(-c4ccc(C)c(F)c4)no3)cc2)c1C. The maximum Gasteiger partial charge on any atom is 0.338 e. The van der Waals surface area contributed by atoms with Crippen LogP contribution in [0.3, 0.4) is 0 Å². The number of methoxy groups -OCH3 is 1. The number of aromatic nitrogens is 4. The van der Waals surface area contributed by atoms with Crippen molar-refractivity contribution in [1.29, 1.82) is 0 Å². The lowest BCUT2D eigenvalue weighted by Gasteiger charge is -2.07. The van der Waals surface area contributed by atoms with E-state index in [-0.39, 0.29) is 36.5 Å². The minimum atomic E-state index is -0.560. The Morgan fingerprint density at radius 2 is 1.83 bits per heavy atom. The van der Waals surface area contributed by atoms with E-state index < -0.39 is 5.97 Å². The van der Waals surface area contributed by atoms with Crippen molar-refractivity contribution in [1.82, 2.24) is 19.9 Å². The lowest BCUT2D eigenvalue weighted by Crippen LogP contribution is -2.06. The number of benzene rings is 2. The molecule has 0 radical (unpaired) electrons. The van der Waals surface area contributed by atoms with E-state index in [4.69, 9.17) is 14.0 Å². The molecule has 2 aromatic carbocycles. The van der Waals surface area contributed by atoms with Crippen LogP contribution in [0.2, 0.25) is 0 Å². The van der Waals surface area contributed by atoms with Gasteiger partial charge in [0.1, 0.15) is 5.82 Å². The zero-order chi connectivity index (χ0) is 25.8. The Labute approximate surface area is 206 Å². The molecule has 0 aliphatic heterocycles. The van der Waals surface area contributed by atoms with Crippen molar-refractivity contribution in [3.8, 4) is 17.1 Å². The summed E-state index contributed by atoms with van der Waals surface area (Å²) >= 11 is 0. The molecule has 0 unspecified atom stereocenters. The Morgan fingerprint density at radius 1 is 1.08 bits per heavy atom. The Bertz CT molecular complexity index is 1410. The topological polar surface area (TPSA) is 109 Å². The summed E-state index contributed by atoms with van der Waals surface area (Å²) in [6.45, 7) is 5.26. The molecule has 4 rings (SSSR count). The highest BCUT2D eigenvalue weighted by atomic mass is 19.1. The predicted octanol–water partition coefficient (Wildman–Crippen LogP) is 4.45. The van der Waals surface area contributed by atoms with Crippen LogP contribution in [0.25, 0.3) is 17.1 Å². The van der Waals surface area contributed by atoms with Crippen molar-refractivity contribution in [2.75, 3.05) is 7.11 Å². The monoisotopic (exact) mass is 492 g/mol. The van der Waals surface area contributed by atoms with Crippen LogP contribution < -0.4 is 0 Å². The summed E-state index contributed by atoms with van der Waals surface area (Å²) in [6.07, 6.45) is 0.809. The van der Waals surface area contributed by atoms with Crippen LogP contribution in [0.5, 0.6) is 0 Å². The molecule has 0 saturated heterocycles. The molecule has 36 heavy (non-hydrogen) atoms. The zero-order valence-corrected chi connectivity index (χ0v) is 20.4. The minimum Gasteiger partial charge on any atom is -0.469 e. The van der Waals surface area contributed by atoms with Crippen molar-refractivity contribution in [2.45, 2.75) is 40.2 Å². The minimum absolute atomic E-state index is 0.0954. The van der Waals surface area contributed by atoms with E-state index in [2.05, 4.69) is 15.2 Å². The Balaban J connectivity index is 1.39. The van der Waals surface area contributed by atoms with Gasteiger partial charge in [0.15, 0.2) is 6.61 Å². The molecule has 0 fully saturated rings. The van der Waals surface area contributed by atoms with E-state index in [1.165, 1.54) is 13.2 Å². The summed E-state index contributed by atoms with van der Waals surface area (Å²) < 4.78 is 30.7. The van der Waals surface area contributed by atoms with Gasteiger partial charge in [-0.15, -0.1) is 0 Å². The van der Waals surface area contributed by atoms with E-state index in [0.717, 1.165) is 22.6 Å². The average molecular weight is 493 g/mol. The lowest BCUT2D eigenvalue weighted by atomic mass is 10.1. The molecule has 0 N–H and O–H groups in total. The molecule has 2 heterocycles. The van der Waals surface area contributed by atoms with Crippen molar-refractivity contribution < 1.29 is 28.0 Å². The van der Waals surface area contributed by atoms with E-state index >= 15 is 0 Å². The van der Waals surface area contributed by atoms with Gasteiger partial charge in [-0.3, -0.25) is 4.79 Å². The highest BCUT2D eigenvalue weighted by Gasteiger charge is 2.16. The molecule has 0 atom stereocenters. The molecule has 2 aromatic heterocycles. The number of carbonyl (C=O) groups is 2. The molecule has 4 aromatic rings. The first-order valence-corrected chi connectivity index (χ1v) is 11.3. The van der Waals surface area contributed by atoms with Gasteiger partial charge in [-0.05, 0) is 68.7 Å². The Morgan fingerprint density at radius 3 is 2.53 bits per heavy atom. The second-order valence-corrected chi connectivity index (χ2v) is 8.24. The van der Waals surface area contributed by atoms with E-state index in [1.54, 1.807) is 48.0 Å². The van der Waals surface area contributed by atoms with E-state index in [0.29, 0.717) is 23.1 Å². The first-order chi connectivity index (χ1) is 17.3. The van der Waals surface area contributed by atoms with Gasteiger partial charge in [0.2, 0.25) is 5.82 Å². The summed E-state index contributed by atoms with van der Waals surface area (Å²) in [6, 6.07) is 11.4. The number of ether oxygens (including phenoxy) is 2. The smallest absolute Gasteiger partial charge is 0.338 e. The quantitative estimate of drug-likeness (QED) is 0.332. The van der Waals surface area contributed by atoms with E-state index in [1.807, 2.05) is 13.8 Å². The number of carbonyl (C=O) groups excluding carboxylic acids is 2. The van der Waals surface area contributed by atoms with Gasteiger partial charge in [0, 0.05) is 17.7 Å². The van der Waals surface area contributed by atoms with Crippen molar-refractivity contribution in [2.24, 2.45) is 0 Å². The third kappa shape index (κ3) is 5.32. The van der Waals surface area contributed by atoms with Gasteiger partial charge in [-0.2, -0.15) is 10.1 Å². The van der Waals surface area contributed by atoms with Crippen LogP contribution in [-0.2, 0) is 27.3 Å². The second-order valence-electron chi connectivity index (χ2n) is 8.24. The Kier molecular flexibility index (Phi) is 7.23. The maximum atomic E-state index is 13.8. The average Bonchev–Trinajstić information content (AvgIpc) is 3.47. The molecule has 10 heteroatoms. The molecule has 0 amide bonds. The molecular weight excluding hydrogens is 467 g/mol. The fourth-order valence-electron chi connectivity index (χ4n) is 3.73. The third-order valence-electron chi connectivity index (χ3n) is 5.82. The van der Waals surface area contributed by atoms with Gasteiger partial charge in [0.05, 0.1) is 24.1 Å². The number of esters is 2. The number of aryl methyl sites for hydroxylation is 2. The number of hydrogen-bond donors (Lipinski definition) is 0. The normalized spacial score (nSPS) is 10.9. The summed E-state index contributed by atoms with van der Waals surface area (Å²) in [5, 5.41) is 8.39. The van der Waals surface area contributed by atoms with Gasteiger partial charge >= 0.3 is 11.9 Å². The summed E-state index contributed by atoms with van der Waals surface area (Å²) in [4.78, 5) is 28.2. The van der Waals surface area contributed by atoms with Crippen molar-refractivity contribution in [3.05, 3.63) is 82.3 Å². The van der Waals surface area contributed by atoms with Crippen LogP contribution >= 0.6 is 0 Å². The van der Waals surface area contributed by atoms with Gasteiger partial charge in [-0.1, -0.05) is 17.3 Å². The zero-order valence-electron chi connectivity index (χ0n) is 20.4. The summed E-state index contributed by atoms with van der Waals surface area (Å²) in [5.41, 5.74) is 4.80. The molecule has 0 aliphatic rings. The van der Waals surface area contributed by atoms with Crippen LogP contribution in [-0.4, -0.2) is 39.0 Å². The van der Waals surface area contributed by atoms with Crippen LogP contribution in [0.1, 0.15) is 45.2 Å². The molecule has 9 nitrogen and oxygen atoms in total. The van der Waals surface area contributed by atoms with Crippen molar-refractivity contribution >= 4 is 11.9 Å². The second kappa shape index (κ2) is 10.5. The highest BCUT2D eigenvalue weighted by Crippen LogP contribution is 2.21. The third-order valence-corrected chi connectivity index (χ3v) is 5.82. The summed E-state index contributed by atoms with van der Waals surface area (Å²) in [5.74, 6) is -0.898. The first-order valence-electron chi connectivity index (χ1n) is 11.3. The number of halogens is 1. The lowest BCUT2D eigenvalue weighted by molar-refractivity contribution is -0.140. The van der Waals surface area contributed by atoms with E-state index in [9.17, 15) is 14.0 Å². The van der Waals surface area contributed by atoms with Crippen LogP contribution in [0.15, 0.2) is 47.0 Å². The summed E-state index contributed by atoms with van der Waals surface area (Å²) in [7, 11) is 1.37. The molecule has 186 valence electrons.